The van der Waals surface area contributed by atoms with Gasteiger partial charge in [-0.2, -0.15) is 0 Å². The zero-order valence-corrected chi connectivity index (χ0v) is 10.9. The predicted molar refractivity (Wildman–Crippen MR) is 72.6 cm³/mol. The third-order valence-corrected chi connectivity index (χ3v) is 3.04. The molecule has 104 valence electrons. The molecule has 0 aliphatic carbocycles. The van der Waals surface area contributed by atoms with Crippen molar-refractivity contribution in [3.63, 3.8) is 0 Å². The van der Waals surface area contributed by atoms with E-state index in [0.29, 0.717) is 31.1 Å². The van der Waals surface area contributed by atoms with Crippen LogP contribution in [0.1, 0.15) is 12.2 Å². The van der Waals surface area contributed by atoms with E-state index >= 15 is 0 Å². The maximum Gasteiger partial charge on any atom is 0.135 e. The summed E-state index contributed by atoms with van der Waals surface area (Å²) in [6.45, 7) is 0.726. The van der Waals surface area contributed by atoms with Crippen molar-refractivity contribution in [1.82, 2.24) is 9.55 Å². The predicted octanol–water partition coefficient (Wildman–Crippen LogP) is 0.508. The highest BCUT2D eigenvalue weighted by Crippen LogP contribution is 2.20. The Labute approximate surface area is 111 Å². The van der Waals surface area contributed by atoms with E-state index in [4.69, 9.17) is 10.5 Å². The van der Waals surface area contributed by atoms with Gasteiger partial charge in [0.15, 0.2) is 0 Å². The van der Waals surface area contributed by atoms with Crippen molar-refractivity contribution >= 4 is 16.7 Å². The Morgan fingerprint density at radius 1 is 1.47 bits per heavy atom. The molecule has 0 saturated carbocycles. The van der Waals surface area contributed by atoms with Gasteiger partial charge < -0.3 is 25.3 Å². The van der Waals surface area contributed by atoms with Crippen LogP contribution in [-0.2, 0) is 17.9 Å². The van der Waals surface area contributed by atoms with Gasteiger partial charge in [-0.05, 0) is 24.6 Å². The Hall–Kier alpha value is -1.63. The first-order valence-corrected chi connectivity index (χ1v) is 6.18. The summed E-state index contributed by atoms with van der Waals surface area (Å²) in [5.74, 6) is 0.574. The molecule has 0 saturated heterocycles. The van der Waals surface area contributed by atoms with Crippen LogP contribution in [-0.4, -0.2) is 39.6 Å². The van der Waals surface area contributed by atoms with Crippen LogP contribution in [0.25, 0.3) is 11.0 Å². The first-order chi connectivity index (χ1) is 9.15. The molecule has 4 N–H and O–H groups in total. The summed E-state index contributed by atoms with van der Waals surface area (Å²) in [6.07, 6.45) is 0.0132. The van der Waals surface area contributed by atoms with E-state index in [-0.39, 0.29) is 6.61 Å². The highest BCUT2D eigenvalue weighted by molar-refractivity contribution is 5.79. The molecule has 2 rings (SSSR count). The first kappa shape index (κ1) is 13.8. The van der Waals surface area contributed by atoms with Crippen LogP contribution in [0.15, 0.2) is 18.2 Å². The second-order valence-electron chi connectivity index (χ2n) is 4.48. The number of anilines is 1. The number of nitrogen functional groups attached to an aromatic ring is 1. The Kier molecular flexibility index (Phi) is 4.36. The number of imidazole rings is 1. The molecule has 6 heteroatoms. The van der Waals surface area contributed by atoms with Crippen molar-refractivity contribution in [3.8, 4) is 0 Å². The van der Waals surface area contributed by atoms with Crippen molar-refractivity contribution in [1.29, 1.82) is 0 Å². The van der Waals surface area contributed by atoms with Crippen molar-refractivity contribution in [3.05, 3.63) is 24.0 Å². The number of methoxy groups -OCH3 is 1. The number of hydrogen-bond acceptors (Lipinski definition) is 5. The molecule has 1 atom stereocenters. The number of aromatic nitrogens is 2. The molecular weight excluding hydrogens is 246 g/mol. The van der Waals surface area contributed by atoms with Gasteiger partial charge in [0.05, 0.1) is 23.7 Å². The third kappa shape index (κ3) is 3.04. The van der Waals surface area contributed by atoms with Gasteiger partial charge in [-0.25, -0.2) is 4.98 Å². The zero-order chi connectivity index (χ0) is 13.8. The molecule has 19 heavy (non-hydrogen) atoms. The van der Waals surface area contributed by atoms with Crippen LogP contribution in [0.3, 0.4) is 0 Å². The number of aliphatic hydroxyl groups excluding tert-OH is 2. The number of nitrogens with zero attached hydrogens (tertiary/aromatic N) is 2. The first-order valence-electron chi connectivity index (χ1n) is 6.18. The lowest BCUT2D eigenvalue weighted by Crippen LogP contribution is -2.17. The van der Waals surface area contributed by atoms with Crippen molar-refractivity contribution in [2.45, 2.75) is 25.7 Å². The quantitative estimate of drug-likeness (QED) is 0.662. The zero-order valence-electron chi connectivity index (χ0n) is 10.9. The van der Waals surface area contributed by atoms with Crippen molar-refractivity contribution in [2.24, 2.45) is 0 Å². The van der Waals surface area contributed by atoms with Gasteiger partial charge in [0.25, 0.3) is 0 Å². The van der Waals surface area contributed by atoms with Crippen LogP contribution in [0, 0.1) is 0 Å². The molecule has 0 spiro atoms. The number of ether oxygens (including phenoxy) is 1. The SMILES string of the molecule is COCC(O)CCn1c(CO)nc2cc(N)ccc21. The molecule has 1 aromatic carbocycles. The molecule has 0 aliphatic rings. The van der Waals surface area contributed by atoms with Gasteiger partial charge in [0, 0.05) is 19.3 Å². The minimum Gasteiger partial charge on any atom is -0.399 e. The standard InChI is InChI=1S/C13H19N3O3/c1-19-8-10(18)4-5-16-12-3-2-9(14)6-11(12)15-13(16)7-17/h2-3,6,10,17-18H,4-5,7-8,14H2,1H3. The minimum atomic E-state index is -0.525. The molecule has 0 radical (unpaired) electrons. The molecule has 0 aliphatic heterocycles. The van der Waals surface area contributed by atoms with Crippen molar-refractivity contribution in [2.75, 3.05) is 19.5 Å². The number of benzene rings is 1. The van der Waals surface area contributed by atoms with Gasteiger partial charge in [-0.3, -0.25) is 0 Å². The lowest BCUT2D eigenvalue weighted by molar-refractivity contribution is 0.0564. The lowest BCUT2D eigenvalue weighted by atomic mass is 10.2. The summed E-state index contributed by atoms with van der Waals surface area (Å²) >= 11 is 0. The van der Waals surface area contributed by atoms with E-state index in [2.05, 4.69) is 4.98 Å². The highest BCUT2D eigenvalue weighted by atomic mass is 16.5. The van der Waals surface area contributed by atoms with Gasteiger partial charge in [0.2, 0.25) is 0 Å². The Bertz CT molecular complexity index is 553. The average Bonchev–Trinajstić information content (AvgIpc) is 2.73. The smallest absolute Gasteiger partial charge is 0.135 e. The van der Waals surface area contributed by atoms with Crippen molar-refractivity contribution < 1.29 is 14.9 Å². The lowest BCUT2D eigenvalue weighted by Gasteiger charge is -2.12. The largest absolute Gasteiger partial charge is 0.399 e. The molecule has 0 fully saturated rings. The van der Waals surface area contributed by atoms with Crippen LogP contribution in [0.5, 0.6) is 0 Å². The second kappa shape index (κ2) is 6.01. The molecule has 6 nitrogen and oxygen atoms in total. The summed E-state index contributed by atoms with van der Waals surface area (Å²) in [4.78, 5) is 4.34. The topological polar surface area (TPSA) is 93.5 Å². The fourth-order valence-electron chi connectivity index (χ4n) is 2.12. The van der Waals surface area contributed by atoms with Crippen LogP contribution in [0.4, 0.5) is 5.69 Å². The van der Waals surface area contributed by atoms with E-state index in [0.717, 1.165) is 11.0 Å². The number of fused-ring (bicyclic) bond motifs is 1. The number of hydrogen-bond donors (Lipinski definition) is 3. The molecule has 0 bridgehead atoms. The van der Waals surface area contributed by atoms with E-state index < -0.39 is 6.10 Å². The molecule has 0 amide bonds. The summed E-state index contributed by atoms with van der Waals surface area (Å²) in [7, 11) is 1.55. The molecule has 1 aromatic heterocycles. The molecular formula is C13H19N3O3. The fraction of sp³-hybridized carbons (Fsp3) is 0.462. The maximum absolute atomic E-state index is 9.69. The van der Waals surface area contributed by atoms with E-state index in [1.54, 1.807) is 19.2 Å². The van der Waals surface area contributed by atoms with Gasteiger partial charge >= 0.3 is 0 Å². The van der Waals surface area contributed by atoms with Crippen LogP contribution < -0.4 is 5.73 Å². The van der Waals surface area contributed by atoms with Gasteiger partial charge in [-0.15, -0.1) is 0 Å². The number of nitrogens with two attached hydrogens (primary N) is 1. The molecule has 1 unspecified atom stereocenters. The minimum absolute atomic E-state index is 0.144. The summed E-state index contributed by atoms with van der Waals surface area (Å²) < 4.78 is 6.79. The van der Waals surface area contributed by atoms with E-state index in [1.165, 1.54) is 0 Å². The molecule has 2 aromatic rings. The van der Waals surface area contributed by atoms with Crippen LogP contribution >= 0.6 is 0 Å². The average molecular weight is 265 g/mol. The molecule has 1 heterocycles. The number of aryl methyl sites for hydroxylation is 1. The van der Waals surface area contributed by atoms with E-state index in [1.807, 2.05) is 10.6 Å². The van der Waals surface area contributed by atoms with Gasteiger partial charge in [-0.1, -0.05) is 0 Å². The Morgan fingerprint density at radius 2 is 2.26 bits per heavy atom. The Morgan fingerprint density at radius 3 is 2.95 bits per heavy atom. The van der Waals surface area contributed by atoms with E-state index in [9.17, 15) is 10.2 Å². The monoisotopic (exact) mass is 265 g/mol. The van der Waals surface area contributed by atoms with Crippen LogP contribution in [0.2, 0.25) is 0 Å². The second-order valence-corrected chi connectivity index (χ2v) is 4.48. The number of rotatable bonds is 6. The highest BCUT2D eigenvalue weighted by Gasteiger charge is 2.12. The normalized spacial score (nSPS) is 13.0. The Balaban J connectivity index is 2.25. The third-order valence-electron chi connectivity index (χ3n) is 3.04. The summed E-state index contributed by atoms with van der Waals surface area (Å²) in [6, 6.07) is 5.45. The summed E-state index contributed by atoms with van der Waals surface area (Å²) in [5, 5.41) is 19.0. The number of aliphatic hydroxyl groups is 2. The maximum atomic E-state index is 9.69. The summed E-state index contributed by atoms with van der Waals surface area (Å²) in [5.41, 5.74) is 8.02. The van der Waals surface area contributed by atoms with Gasteiger partial charge in [0.1, 0.15) is 12.4 Å². The fourth-order valence-corrected chi connectivity index (χ4v) is 2.12.